The minimum absolute atomic E-state index is 0.116. The average molecular weight is 315 g/mol. The molecule has 0 aromatic heterocycles. The van der Waals surface area contributed by atoms with Gasteiger partial charge in [-0.2, -0.15) is 0 Å². The van der Waals surface area contributed by atoms with Crippen LogP contribution in [-0.4, -0.2) is 34.4 Å². The number of nitrogens with zero attached hydrogens (tertiary/aromatic N) is 1. The molecule has 0 saturated heterocycles. The fourth-order valence-corrected chi connectivity index (χ4v) is 4.05. The molecule has 0 aliphatic carbocycles. The molecule has 22 heavy (non-hydrogen) atoms. The zero-order chi connectivity index (χ0) is 16.1. The van der Waals surface area contributed by atoms with Gasteiger partial charge in [0.05, 0.1) is 5.25 Å². The molecule has 0 radical (unpaired) electrons. The number of carbonyl (C=O) groups excluding carboxylic acids is 1. The first-order valence-corrected chi connectivity index (χ1v) is 8.50. The van der Waals surface area contributed by atoms with Crippen LogP contribution in [-0.2, 0) is 15.6 Å². The molecule has 0 saturated carbocycles. The molecular weight excluding hydrogens is 294 g/mol. The molecule has 2 rings (SSSR count). The summed E-state index contributed by atoms with van der Waals surface area (Å²) in [4.78, 5) is 13.7. The summed E-state index contributed by atoms with van der Waals surface area (Å²) in [5.74, 6) is -0.116. The monoisotopic (exact) mass is 315 g/mol. The van der Waals surface area contributed by atoms with E-state index in [1.165, 1.54) is 4.90 Å². The van der Waals surface area contributed by atoms with Gasteiger partial charge in [-0.3, -0.25) is 9.00 Å². The van der Waals surface area contributed by atoms with Crippen molar-refractivity contribution in [3.8, 4) is 0 Å². The van der Waals surface area contributed by atoms with Crippen molar-refractivity contribution < 1.29 is 9.00 Å². The standard InChI is InChI=1S/C18H21NO2S/c1-14(18(20)19(2)3)22(21)17(15-10-6-4-7-11-15)16-12-8-5-9-13-16/h4-14,17H,1-3H3/t14-,22-/m0/s1. The van der Waals surface area contributed by atoms with Crippen LogP contribution in [0.25, 0.3) is 0 Å². The summed E-state index contributed by atoms with van der Waals surface area (Å²) in [5, 5.41) is -0.860. The van der Waals surface area contributed by atoms with E-state index in [-0.39, 0.29) is 11.2 Å². The number of hydrogen-bond acceptors (Lipinski definition) is 2. The van der Waals surface area contributed by atoms with E-state index in [2.05, 4.69) is 0 Å². The highest BCUT2D eigenvalue weighted by Crippen LogP contribution is 2.30. The molecule has 0 aliphatic rings. The summed E-state index contributed by atoms with van der Waals surface area (Å²) >= 11 is 0. The van der Waals surface area contributed by atoms with Crippen LogP contribution in [0.5, 0.6) is 0 Å². The second-order valence-corrected chi connectivity index (χ2v) is 7.24. The van der Waals surface area contributed by atoms with Crippen LogP contribution in [0.15, 0.2) is 60.7 Å². The predicted molar refractivity (Wildman–Crippen MR) is 91.0 cm³/mol. The third-order valence-corrected chi connectivity index (χ3v) is 5.48. The molecule has 2 atom stereocenters. The number of rotatable bonds is 5. The lowest BCUT2D eigenvalue weighted by Crippen LogP contribution is -2.36. The third-order valence-electron chi connectivity index (χ3n) is 3.57. The van der Waals surface area contributed by atoms with E-state index in [9.17, 15) is 9.00 Å². The lowest BCUT2D eigenvalue weighted by Gasteiger charge is -2.23. The molecular formula is C18H21NO2S. The van der Waals surface area contributed by atoms with Gasteiger partial charge in [0.25, 0.3) is 0 Å². The smallest absolute Gasteiger partial charge is 0.237 e. The van der Waals surface area contributed by atoms with Crippen LogP contribution in [0.4, 0.5) is 0 Å². The Hall–Kier alpha value is -1.94. The second-order valence-electron chi connectivity index (χ2n) is 5.40. The zero-order valence-electron chi connectivity index (χ0n) is 13.1. The fourth-order valence-electron chi connectivity index (χ4n) is 2.38. The van der Waals surface area contributed by atoms with Crippen molar-refractivity contribution in [2.75, 3.05) is 14.1 Å². The highest BCUT2D eigenvalue weighted by Gasteiger charge is 2.30. The van der Waals surface area contributed by atoms with E-state index < -0.39 is 16.0 Å². The Bertz CT molecular complexity index is 601. The zero-order valence-corrected chi connectivity index (χ0v) is 13.9. The molecule has 0 N–H and O–H groups in total. The van der Waals surface area contributed by atoms with Gasteiger partial charge in [0.1, 0.15) is 5.25 Å². The summed E-state index contributed by atoms with van der Waals surface area (Å²) in [6, 6.07) is 19.4. The molecule has 0 fully saturated rings. The van der Waals surface area contributed by atoms with Gasteiger partial charge in [-0.15, -0.1) is 0 Å². The normalized spacial score (nSPS) is 13.6. The number of amides is 1. The molecule has 3 nitrogen and oxygen atoms in total. The Morgan fingerprint density at radius 3 is 1.68 bits per heavy atom. The Balaban J connectivity index is 2.42. The van der Waals surface area contributed by atoms with Gasteiger partial charge in [-0.1, -0.05) is 60.7 Å². The van der Waals surface area contributed by atoms with Crippen LogP contribution < -0.4 is 0 Å². The Kier molecular flexibility index (Phi) is 5.50. The quantitative estimate of drug-likeness (QED) is 0.850. The molecule has 2 aromatic carbocycles. The maximum atomic E-state index is 13.1. The van der Waals surface area contributed by atoms with Crippen molar-refractivity contribution in [3.63, 3.8) is 0 Å². The topological polar surface area (TPSA) is 37.4 Å². The van der Waals surface area contributed by atoms with Crippen LogP contribution in [0.1, 0.15) is 23.3 Å². The van der Waals surface area contributed by atoms with Gasteiger partial charge in [0, 0.05) is 24.9 Å². The Morgan fingerprint density at radius 2 is 1.32 bits per heavy atom. The highest BCUT2D eigenvalue weighted by molar-refractivity contribution is 7.86. The van der Waals surface area contributed by atoms with Gasteiger partial charge < -0.3 is 4.90 Å². The van der Waals surface area contributed by atoms with E-state index in [1.54, 1.807) is 21.0 Å². The van der Waals surface area contributed by atoms with Crippen molar-refractivity contribution in [1.29, 1.82) is 0 Å². The van der Waals surface area contributed by atoms with Crippen LogP contribution in [0, 0.1) is 0 Å². The summed E-state index contributed by atoms with van der Waals surface area (Å²) in [6.45, 7) is 1.73. The summed E-state index contributed by atoms with van der Waals surface area (Å²) in [6.07, 6.45) is 0. The van der Waals surface area contributed by atoms with Crippen molar-refractivity contribution in [2.45, 2.75) is 17.4 Å². The first-order valence-electron chi connectivity index (χ1n) is 7.22. The average Bonchev–Trinajstić information content (AvgIpc) is 2.55. The van der Waals surface area contributed by atoms with Gasteiger partial charge in [0.2, 0.25) is 5.91 Å². The summed E-state index contributed by atoms with van der Waals surface area (Å²) in [5.41, 5.74) is 1.93. The molecule has 1 amide bonds. The first kappa shape index (κ1) is 16.4. The largest absolute Gasteiger partial charge is 0.348 e. The van der Waals surface area contributed by atoms with Crippen molar-refractivity contribution in [1.82, 2.24) is 4.90 Å². The first-order chi connectivity index (χ1) is 10.5. The predicted octanol–water partition coefficient (Wildman–Crippen LogP) is 3.00. The molecule has 2 aromatic rings. The van der Waals surface area contributed by atoms with Crippen molar-refractivity contribution >= 4 is 16.7 Å². The van der Waals surface area contributed by atoms with E-state index >= 15 is 0 Å². The van der Waals surface area contributed by atoms with E-state index in [0.717, 1.165) is 11.1 Å². The number of hydrogen-bond donors (Lipinski definition) is 0. The fraction of sp³-hybridized carbons (Fsp3) is 0.278. The van der Waals surface area contributed by atoms with E-state index in [4.69, 9.17) is 0 Å². The lowest BCUT2D eigenvalue weighted by atomic mass is 10.0. The molecule has 0 heterocycles. The van der Waals surface area contributed by atoms with Gasteiger partial charge in [-0.25, -0.2) is 0 Å². The van der Waals surface area contributed by atoms with Crippen molar-refractivity contribution in [3.05, 3.63) is 71.8 Å². The maximum absolute atomic E-state index is 13.1. The van der Waals surface area contributed by atoms with Crippen molar-refractivity contribution in [2.24, 2.45) is 0 Å². The number of carbonyl (C=O) groups is 1. The number of benzene rings is 2. The molecule has 0 spiro atoms. The lowest BCUT2D eigenvalue weighted by molar-refractivity contribution is -0.127. The molecule has 116 valence electrons. The van der Waals surface area contributed by atoms with Crippen LogP contribution in [0.2, 0.25) is 0 Å². The van der Waals surface area contributed by atoms with Gasteiger partial charge >= 0.3 is 0 Å². The van der Waals surface area contributed by atoms with Gasteiger partial charge in [0.15, 0.2) is 0 Å². The maximum Gasteiger partial charge on any atom is 0.237 e. The van der Waals surface area contributed by atoms with Crippen LogP contribution in [0.3, 0.4) is 0 Å². The second kappa shape index (κ2) is 7.36. The molecule has 0 bridgehead atoms. The van der Waals surface area contributed by atoms with Gasteiger partial charge in [-0.05, 0) is 18.1 Å². The van der Waals surface area contributed by atoms with Crippen LogP contribution >= 0.6 is 0 Å². The summed E-state index contributed by atoms with van der Waals surface area (Å²) in [7, 11) is 2.03. The highest BCUT2D eigenvalue weighted by atomic mass is 32.2. The third kappa shape index (κ3) is 3.63. The minimum Gasteiger partial charge on any atom is -0.348 e. The Morgan fingerprint density at radius 1 is 0.909 bits per heavy atom. The Labute approximate surface area is 134 Å². The minimum atomic E-state index is -1.35. The van der Waals surface area contributed by atoms with E-state index in [0.29, 0.717) is 0 Å². The molecule has 4 heteroatoms. The SMILES string of the molecule is C[C@@H](C(=O)N(C)C)[S@](=O)C(c1ccccc1)c1ccccc1. The van der Waals surface area contributed by atoms with E-state index in [1.807, 2.05) is 60.7 Å². The molecule has 0 aliphatic heterocycles. The molecule has 0 unspecified atom stereocenters. The summed E-state index contributed by atoms with van der Waals surface area (Å²) < 4.78 is 13.1.